The molecule has 1 aromatic heterocycles. The summed E-state index contributed by atoms with van der Waals surface area (Å²) < 4.78 is 43.1. The molecule has 0 radical (unpaired) electrons. The standard InChI is InChI=1S/C23H26FN5O2S/c1-29(15-16-5-4-10-26-12-16)32(30,31)22-7-3-2-6-18(22)17-8-9-19(20(24)11-17)21-13-28-23(25)14-27-21/h2-3,6-9,11,13-14,16,26H,4-5,10,12,15H2,1H3,(H2,25,28)/t16-/m0/s1. The molecule has 9 heteroatoms. The van der Waals surface area contributed by atoms with Crippen molar-refractivity contribution in [3.63, 3.8) is 0 Å². The molecular weight excluding hydrogens is 429 g/mol. The normalized spacial score (nSPS) is 16.9. The third-order valence-electron chi connectivity index (χ3n) is 5.72. The van der Waals surface area contributed by atoms with Crippen LogP contribution >= 0.6 is 0 Å². The first-order valence-electron chi connectivity index (χ1n) is 10.5. The van der Waals surface area contributed by atoms with Crippen LogP contribution in [0.25, 0.3) is 22.4 Å². The van der Waals surface area contributed by atoms with Gasteiger partial charge in [-0.05, 0) is 55.6 Å². The van der Waals surface area contributed by atoms with Crippen LogP contribution in [0.4, 0.5) is 10.2 Å². The number of benzene rings is 2. The van der Waals surface area contributed by atoms with Crippen LogP contribution in [0.1, 0.15) is 12.8 Å². The Balaban J connectivity index is 1.65. The number of anilines is 1. The van der Waals surface area contributed by atoms with E-state index < -0.39 is 15.8 Å². The van der Waals surface area contributed by atoms with E-state index >= 15 is 0 Å². The van der Waals surface area contributed by atoms with E-state index in [4.69, 9.17) is 5.73 Å². The topological polar surface area (TPSA) is 101 Å². The lowest BCUT2D eigenvalue weighted by Crippen LogP contribution is -2.39. The van der Waals surface area contributed by atoms with Gasteiger partial charge < -0.3 is 11.1 Å². The molecule has 2 heterocycles. The number of piperidine rings is 1. The number of halogens is 1. The molecule has 1 fully saturated rings. The first-order chi connectivity index (χ1) is 15.4. The zero-order valence-electron chi connectivity index (χ0n) is 17.8. The second-order valence-corrected chi connectivity index (χ2v) is 10.0. The molecule has 0 unspecified atom stereocenters. The highest BCUT2D eigenvalue weighted by molar-refractivity contribution is 7.89. The van der Waals surface area contributed by atoms with Gasteiger partial charge in [0, 0.05) is 24.7 Å². The van der Waals surface area contributed by atoms with E-state index in [2.05, 4.69) is 15.3 Å². The van der Waals surface area contributed by atoms with E-state index in [9.17, 15) is 12.8 Å². The van der Waals surface area contributed by atoms with Crippen molar-refractivity contribution in [2.24, 2.45) is 5.92 Å². The van der Waals surface area contributed by atoms with Gasteiger partial charge >= 0.3 is 0 Å². The van der Waals surface area contributed by atoms with Crippen molar-refractivity contribution in [1.29, 1.82) is 0 Å². The van der Waals surface area contributed by atoms with Crippen LogP contribution in [0.15, 0.2) is 59.8 Å². The summed E-state index contributed by atoms with van der Waals surface area (Å²) in [5.41, 5.74) is 7.10. The number of aromatic nitrogens is 2. The second kappa shape index (κ2) is 9.32. The Morgan fingerprint density at radius 1 is 1.16 bits per heavy atom. The predicted molar refractivity (Wildman–Crippen MR) is 123 cm³/mol. The maximum atomic E-state index is 15.0. The van der Waals surface area contributed by atoms with Crippen LogP contribution < -0.4 is 11.1 Å². The van der Waals surface area contributed by atoms with Crippen molar-refractivity contribution >= 4 is 15.8 Å². The van der Waals surface area contributed by atoms with Gasteiger partial charge in [0.2, 0.25) is 10.0 Å². The molecule has 7 nitrogen and oxygen atoms in total. The molecule has 1 aliphatic rings. The van der Waals surface area contributed by atoms with Crippen molar-refractivity contribution in [1.82, 2.24) is 19.6 Å². The summed E-state index contributed by atoms with van der Waals surface area (Å²) >= 11 is 0. The molecule has 0 amide bonds. The van der Waals surface area contributed by atoms with E-state index in [0.717, 1.165) is 25.9 Å². The molecule has 0 bridgehead atoms. The second-order valence-electron chi connectivity index (χ2n) is 8.02. The van der Waals surface area contributed by atoms with E-state index in [0.29, 0.717) is 23.4 Å². The zero-order chi connectivity index (χ0) is 22.7. The summed E-state index contributed by atoms with van der Waals surface area (Å²) in [5.74, 6) is 0.00174. The summed E-state index contributed by atoms with van der Waals surface area (Å²) in [5, 5.41) is 3.32. The summed E-state index contributed by atoms with van der Waals surface area (Å²) in [6.07, 6.45) is 4.80. The highest BCUT2D eigenvalue weighted by Crippen LogP contribution is 2.32. The molecule has 0 spiro atoms. The van der Waals surface area contributed by atoms with Crippen LogP contribution in [-0.2, 0) is 10.0 Å². The van der Waals surface area contributed by atoms with Crippen LogP contribution in [0.3, 0.4) is 0 Å². The Hall–Kier alpha value is -2.88. The quantitative estimate of drug-likeness (QED) is 0.592. The summed E-state index contributed by atoms with van der Waals surface area (Å²) in [7, 11) is -2.15. The third-order valence-corrected chi connectivity index (χ3v) is 7.60. The average molecular weight is 456 g/mol. The number of hydrogen-bond acceptors (Lipinski definition) is 6. The first kappa shape index (κ1) is 22.3. The van der Waals surface area contributed by atoms with E-state index in [1.165, 1.54) is 22.8 Å². The van der Waals surface area contributed by atoms with Gasteiger partial charge in [-0.25, -0.2) is 22.1 Å². The van der Waals surface area contributed by atoms with Crippen molar-refractivity contribution in [2.45, 2.75) is 17.7 Å². The Morgan fingerprint density at radius 3 is 2.66 bits per heavy atom. The Kier molecular flexibility index (Phi) is 6.50. The highest BCUT2D eigenvalue weighted by Gasteiger charge is 2.27. The van der Waals surface area contributed by atoms with Gasteiger partial charge in [0.05, 0.1) is 23.0 Å². The van der Waals surface area contributed by atoms with Crippen molar-refractivity contribution in [3.8, 4) is 22.4 Å². The highest BCUT2D eigenvalue weighted by atomic mass is 32.2. The molecule has 3 N–H and O–H groups in total. The van der Waals surface area contributed by atoms with Gasteiger partial charge in [0.25, 0.3) is 0 Å². The number of nitrogens with two attached hydrogens (primary N) is 1. The average Bonchev–Trinajstić information content (AvgIpc) is 2.80. The number of sulfonamides is 1. The summed E-state index contributed by atoms with van der Waals surface area (Å²) in [6, 6.07) is 11.3. The lowest BCUT2D eigenvalue weighted by molar-refractivity contribution is 0.315. The van der Waals surface area contributed by atoms with Gasteiger partial charge in [0.15, 0.2) is 0 Å². The molecule has 1 saturated heterocycles. The summed E-state index contributed by atoms with van der Waals surface area (Å²) in [4.78, 5) is 8.22. The minimum Gasteiger partial charge on any atom is -0.382 e. The van der Waals surface area contributed by atoms with E-state index in [-0.39, 0.29) is 22.2 Å². The first-order valence-corrected chi connectivity index (χ1v) is 11.9. The Bertz CT molecular complexity index is 1200. The van der Waals surface area contributed by atoms with Gasteiger partial charge in [0.1, 0.15) is 11.6 Å². The monoisotopic (exact) mass is 455 g/mol. The Labute approximate surface area is 187 Å². The van der Waals surface area contributed by atoms with E-state index in [1.807, 2.05) is 0 Å². The molecule has 3 aromatic rings. The van der Waals surface area contributed by atoms with Crippen LogP contribution in [0.5, 0.6) is 0 Å². The lowest BCUT2D eigenvalue weighted by Gasteiger charge is -2.27. The minimum absolute atomic E-state index is 0.158. The van der Waals surface area contributed by atoms with Gasteiger partial charge in [-0.2, -0.15) is 0 Å². The summed E-state index contributed by atoms with van der Waals surface area (Å²) in [6.45, 7) is 2.22. The van der Waals surface area contributed by atoms with Crippen LogP contribution in [-0.4, -0.2) is 49.4 Å². The maximum absolute atomic E-state index is 15.0. The zero-order valence-corrected chi connectivity index (χ0v) is 18.6. The third kappa shape index (κ3) is 4.64. The molecule has 32 heavy (non-hydrogen) atoms. The van der Waals surface area contributed by atoms with Crippen LogP contribution in [0, 0.1) is 11.7 Å². The predicted octanol–water partition coefficient (Wildman–Crippen LogP) is 3.15. The van der Waals surface area contributed by atoms with Gasteiger partial charge in [-0.3, -0.25) is 4.98 Å². The molecular formula is C23H26FN5O2S. The van der Waals surface area contributed by atoms with Crippen molar-refractivity contribution in [3.05, 3.63) is 60.7 Å². The molecule has 168 valence electrons. The number of nitrogen functional groups attached to an aromatic ring is 1. The molecule has 0 aliphatic carbocycles. The fraction of sp³-hybridized carbons (Fsp3) is 0.304. The molecule has 2 aromatic carbocycles. The van der Waals surface area contributed by atoms with Crippen molar-refractivity contribution in [2.75, 3.05) is 32.4 Å². The number of nitrogens with one attached hydrogen (secondary N) is 1. The molecule has 4 rings (SSSR count). The Morgan fingerprint density at radius 2 is 1.97 bits per heavy atom. The van der Waals surface area contributed by atoms with Gasteiger partial charge in [-0.1, -0.05) is 24.3 Å². The van der Waals surface area contributed by atoms with Crippen molar-refractivity contribution < 1.29 is 12.8 Å². The molecule has 0 saturated carbocycles. The number of rotatable bonds is 6. The fourth-order valence-electron chi connectivity index (χ4n) is 4.01. The smallest absolute Gasteiger partial charge is 0.243 e. The largest absolute Gasteiger partial charge is 0.382 e. The van der Waals surface area contributed by atoms with E-state index in [1.54, 1.807) is 43.4 Å². The minimum atomic E-state index is -3.75. The number of hydrogen-bond donors (Lipinski definition) is 2. The maximum Gasteiger partial charge on any atom is 0.243 e. The fourth-order valence-corrected chi connectivity index (χ4v) is 5.46. The SMILES string of the molecule is CN(C[C@H]1CCCNC1)S(=O)(=O)c1ccccc1-c1ccc(-c2cnc(N)cn2)c(F)c1. The number of nitrogens with zero attached hydrogens (tertiary/aromatic N) is 3. The van der Waals surface area contributed by atoms with Crippen LogP contribution in [0.2, 0.25) is 0 Å². The van der Waals surface area contributed by atoms with Gasteiger partial charge in [-0.15, -0.1) is 0 Å². The molecule has 1 atom stereocenters. The molecule has 1 aliphatic heterocycles. The lowest BCUT2D eigenvalue weighted by atomic mass is 10.00.